The lowest BCUT2D eigenvalue weighted by Gasteiger charge is -1.99. The van der Waals surface area contributed by atoms with Crippen molar-refractivity contribution in [3.63, 3.8) is 0 Å². The number of aromatic nitrogens is 4. The van der Waals surface area contributed by atoms with E-state index in [0.29, 0.717) is 21.5 Å². The Morgan fingerprint density at radius 3 is 2.24 bits per heavy atom. The third-order valence-corrected chi connectivity index (χ3v) is 7.07. The number of aromatic amines is 1. The van der Waals surface area contributed by atoms with Crippen molar-refractivity contribution in [1.82, 2.24) is 19.7 Å². The molecule has 160 valence electrons. The molecule has 3 aromatic carbocycles. The Hall–Kier alpha value is -4.08. The maximum Gasteiger partial charge on any atom is 0.282 e. The van der Waals surface area contributed by atoms with Crippen molar-refractivity contribution in [2.75, 3.05) is 5.43 Å². The third kappa shape index (κ3) is 3.63. The molecule has 0 aliphatic carbocycles. The van der Waals surface area contributed by atoms with E-state index in [2.05, 4.69) is 25.6 Å². The van der Waals surface area contributed by atoms with E-state index in [0.717, 1.165) is 26.0 Å². The highest BCUT2D eigenvalue weighted by atomic mass is 32.1. The molecular formula is C24H16N6OS2. The molecule has 0 bridgehead atoms. The van der Waals surface area contributed by atoms with E-state index in [1.54, 1.807) is 0 Å². The first-order valence-corrected chi connectivity index (χ1v) is 11.8. The second kappa shape index (κ2) is 8.12. The van der Waals surface area contributed by atoms with Crippen LogP contribution in [0.2, 0.25) is 0 Å². The minimum Gasteiger partial charge on any atom is -0.288 e. The molecule has 3 heterocycles. The maximum absolute atomic E-state index is 13.4. The van der Waals surface area contributed by atoms with Gasteiger partial charge in [0, 0.05) is 5.56 Å². The second-order valence-electron chi connectivity index (χ2n) is 7.23. The van der Waals surface area contributed by atoms with Gasteiger partial charge >= 0.3 is 0 Å². The van der Waals surface area contributed by atoms with Crippen LogP contribution in [0.15, 0.2) is 88.8 Å². The van der Waals surface area contributed by atoms with Gasteiger partial charge in [-0.2, -0.15) is 9.78 Å². The van der Waals surface area contributed by atoms with Gasteiger partial charge in [-0.05, 0) is 24.3 Å². The number of para-hydroxylation sites is 2. The largest absolute Gasteiger partial charge is 0.288 e. The van der Waals surface area contributed by atoms with E-state index in [-0.39, 0.29) is 5.56 Å². The average molecular weight is 469 g/mol. The summed E-state index contributed by atoms with van der Waals surface area (Å²) in [6, 6.07) is 25.4. The number of fused-ring (bicyclic) bond motifs is 2. The van der Waals surface area contributed by atoms with Crippen LogP contribution in [-0.4, -0.2) is 26.0 Å². The smallest absolute Gasteiger partial charge is 0.282 e. The summed E-state index contributed by atoms with van der Waals surface area (Å²) in [5, 5.41) is 8.80. The summed E-state index contributed by atoms with van der Waals surface area (Å²) < 4.78 is 3.56. The Kier molecular flexibility index (Phi) is 4.82. The standard InChI is InChI=1S/C24H16N6OS2/c31-22-16(14-25-28-23-26-17-10-4-6-12-19(17)32-23)21(15-8-2-1-3-9-15)29-30(22)24-27-18-11-5-7-13-20(18)33-24/h1-14,29H,(H,26,28)/b25-14+. The quantitative estimate of drug-likeness (QED) is 0.258. The van der Waals surface area contributed by atoms with Crippen molar-refractivity contribution >= 4 is 54.5 Å². The van der Waals surface area contributed by atoms with Crippen LogP contribution in [0.25, 0.3) is 36.8 Å². The molecule has 0 spiro atoms. The van der Waals surface area contributed by atoms with Crippen LogP contribution >= 0.6 is 22.7 Å². The first kappa shape index (κ1) is 19.6. The first-order chi connectivity index (χ1) is 16.3. The van der Waals surface area contributed by atoms with E-state index >= 15 is 0 Å². The lowest BCUT2D eigenvalue weighted by molar-refractivity contribution is 0.845. The molecule has 0 unspecified atom stereocenters. The topological polar surface area (TPSA) is 88.0 Å². The summed E-state index contributed by atoms with van der Waals surface area (Å²) >= 11 is 2.96. The molecule has 0 saturated heterocycles. The highest BCUT2D eigenvalue weighted by Crippen LogP contribution is 2.27. The summed E-state index contributed by atoms with van der Waals surface area (Å²) in [5.74, 6) is 0. The number of benzene rings is 3. The molecule has 0 saturated carbocycles. The number of hydrazone groups is 1. The predicted octanol–water partition coefficient (Wildman–Crippen LogP) is 5.50. The predicted molar refractivity (Wildman–Crippen MR) is 136 cm³/mol. The van der Waals surface area contributed by atoms with Gasteiger partial charge in [-0.25, -0.2) is 9.97 Å². The Bertz CT molecular complexity index is 1610. The van der Waals surface area contributed by atoms with Crippen molar-refractivity contribution in [2.24, 2.45) is 5.10 Å². The van der Waals surface area contributed by atoms with Gasteiger partial charge in [-0.1, -0.05) is 77.3 Å². The zero-order chi connectivity index (χ0) is 22.2. The Labute approximate surface area is 195 Å². The molecule has 2 N–H and O–H groups in total. The minimum atomic E-state index is -0.220. The summed E-state index contributed by atoms with van der Waals surface area (Å²) in [6.45, 7) is 0. The van der Waals surface area contributed by atoms with Crippen molar-refractivity contribution in [3.8, 4) is 16.4 Å². The fraction of sp³-hybridized carbons (Fsp3) is 0. The van der Waals surface area contributed by atoms with E-state index < -0.39 is 0 Å². The summed E-state index contributed by atoms with van der Waals surface area (Å²) in [6.07, 6.45) is 1.54. The third-order valence-electron chi connectivity index (χ3n) is 5.11. The van der Waals surface area contributed by atoms with Gasteiger partial charge in [0.15, 0.2) is 0 Å². The van der Waals surface area contributed by atoms with Crippen LogP contribution in [-0.2, 0) is 0 Å². The van der Waals surface area contributed by atoms with Gasteiger partial charge in [0.05, 0.1) is 37.9 Å². The van der Waals surface area contributed by atoms with E-state index in [1.165, 1.54) is 33.6 Å². The second-order valence-corrected chi connectivity index (χ2v) is 9.27. The van der Waals surface area contributed by atoms with E-state index in [1.807, 2.05) is 78.9 Å². The monoisotopic (exact) mass is 468 g/mol. The molecule has 0 aliphatic rings. The molecule has 7 nitrogen and oxygen atoms in total. The normalized spacial score (nSPS) is 11.6. The molecule has 6 aromatic rings. The minimum absolute atomic E-state index is 0.220. The van der Waals surface area contributed by atoms with Crippen LogP contribution < -0.4 is 11.0 Å². The van der Waals surface area contributed by atoms with Crippen LogP contribution in [0.1, 0.15) is 5.56 Å². The SMILES string of the molecule is O=c1c(/C=N/Nc2nc3ccccc3s2)c(-c2ccccc2)[nH]n1-c1nc2ccccc2s1. The lowest BCUT2D eigenvalue weighted by Crippen LogP contribution is -2.17. The van der Waals surface area contributed by atoms with Crippen molar-refractivity contribution in [1.29, 1.82) is 0 Å². The van der Waals surface area contributed by atoms with Crippen LogP contribution in [0.3, 0.4) is 0 Å². The number of nitrogens with zero attached hydrogens (tertiary/aromatic N) is 4. The number of nitrogens with one attached hydrogen (secondary N) is 2. The highest BCUT2D eigenvalue weighted by Gasteiger charge is 2.18. The molecule has 33 heavy (non-hydrogen) atoms. The number of anilines is 1. The Morgan fingerprint density at radius 2 is 1.52 bits per heavy atom. The van der Waals surface area contributed by atoms with Crippen LogP contribution in [0, 0.1) is 0 Å². The molecule has 0 atom stereocenters. The molecule has 0 amide bonds. The molecule has 0 fully saturated rings. The fourth-order valence-corrected chi connectivity index (χ4v) is 5.30. The zero-order valence-electron chi connectivity index (χ0n) is 17.1. The van der Waals surface area contributed by atoms with Crippen molar-refractivity contribution < 1.29 is 0 Å². The number of hydrogen-bond acceptors (Lipinski definition) is 7. The van der Waals surface area contributed by atoms with Crippen molar-refractivity contribution in [3.05, 3.63) is 94.8 Å². The zero-order valence-corrected chi connectivity index (χ0v) is 18.7. The molecular weight excluding hydrogens is 452 g/mol. The number of H-pyrrole nitrogens is 1. The molecule has 0 aliphatic heterocycles. The van der Waals surface area contributed by atoms with E-state index in [9.17, 15) is 4.79 Å². The fourth-order valence-electron chi connectivity index (χ4n) is 3.56. The van der Waals surface area contributed by atoms with Gasteiger partial charge in [-0.3, -0.25) is 15.3 Å². The molecule has 6 rings (SSSR count). The Morgan fingerprint density at radius 1 is 0.848 bits per heavy atom. The number of thiazole rings is 2. The van der Waals surface area contributed by atoms with Gasteiger partial charge in [-0.15, -0.1) is 0 Å². The number of hydrogen-bond donors (Lipinski definition) is 2. The van der Waals surface area contributed by atoms with Gasteiger partial charge < -0.3 is 0 Å². The van der Waals surface area contributed by atoms with Crippen molar-refractivity contribution in [2.45, 2.75) is 0 Å². The Balaban J connectivity index is 1.41. The molecule has 3 aromatic heterocycles. The highest BCUT2D eigenvalue weighted by molar-refractivity contribution is 7.22. The van der Waals surface area contributed by atoms with Crippen LogP contribution in [0.5, 0.6) is 0 Å². The van der Waals surface area contributed by atoms with Gasteiger partial charge in [0.25, 0.3) is 5.56 Å². The van der Waals surface area contributed by atoms with Gasteiger partial charge in [0.2, 0.25) is 10.3 Å². The molecule has 0 radical (unpaired) electrons. The maximum atomic E-state index is 13.4. The first-order valence-electron chi connectivity index (χ1n) is 10.2. The summed E-state index contributed by atoms with van der Waals surface area (Å²) in [4.78, 5) is 22.5. The van der Waals surface area contributed by atoms with E-state index in [4.69, 9.17) is 0 Å². The average Bonchev–Trinajstić information content (AvgIpc) is 3.54. The number of rotatable bonds is 5. The molecule has 9 heteroatoms. The van der Waals surface area contributed by atoms with Gasteiger partial charge in [0.1, 0.15) is 0 Å². The summed E-state index contributed by atoms with van der Waals surface area (Å²) in [5.41, 5.74) is 6.50. The lowest BCUT2D eigenvalue weighted by atomic mass is 10.1. The van der Waals surface area contributed by atoms with Crippen LogP contribution in [0.4, 0.5) is 5.13 Å². The summed E-state index contributed by atoms with van der Waals surface area (Å²) in [7, 11) is 0.